The molecule has 0 N–H and O–H groups in total. The van der Waals surface area contributed by atoms with Crippen molar-refractivity contribution < 1.29 is 0 Å². The standard InChI is InChI=1S/C50H34N2/c1-3-18-36(19-4-1)51(37-20-5-2-6-21-37)38-31-32-42(47(34-38)46-33-35-17-7-8-22-39(35)40-23-9-10-24-41(40)46)43-25-11-14-28-48(43)52-49-29-15-12-26-44(49)45-27-13-16-30-50(45)52/h1-34H. The van der Waals surface area contributed by atoms with Gasteiger partial charge >= 0.3 is 0 Å². The van der Waals surface area contributed by atoms with E-state index in [4.69, 9.17) is 0 Å². The first-order valence-corrected chi connectivity index (χ1v) is 17.9. The molecular formula is C50H34N2. The summed E-state index contributed by atoms with van der Waals surface area (Å²) in [5, 5.41) is 7.49. The van der Waals surface area contributed by atoms with Crippen molar-refractivity contribution in [2.45, 2.75) is 0 Å². The van der Waals surface area contributed by atoms with Crippen LogP contribution in [0.5, 0.6) is 0 Å². The van der Waals surface area contributed by atoms with Crippen LogP contribution in [0.3, 0.4) is 0 Å². The maximum atomic E-state index is 2.44. The fraction of sp³-hybridized carbons (Fsp3) is 0. The molecule has 10 rings (SSSR count). The number of fused-ring (bicyclic) bond motifs is 6. The first-order chi connectivity index (χ1) is 25.8. The lowest BCUT2D eigenvalue weighted by atomic mass is 9.88. The van der Waals surface area contributed by atoms with Gasteiger partial charge in [-0.05, 0) is 98.9 Å². The van der Waals surface area contributed by atoms with Crippen molar-refractivity contribution in [3.05, 3.63) is 206 Å². The minimum atomic E-state index is 1.10. The third-order valence-corrected chi connectivity index (χ3v) is 10.4. The number of nitrogens with zero attached hydrogens (tertiary/aromatic N) is 2. The van der Waals surface area contributed by atoms with Crippen LogP contribution in [0.4, 0.5) is 17.1 Å². The third-order valence-electron chi connectivity index (χ3n) is 10.4. The smallest absolute Gasteiger partial charge is 0.0541 e. The van der Waals surface area contributed by atoms with E-state index < -0.39 is 0 Å². The Morgan fingerprint density at radius 2 is 0.808 bits per heavy atom. The minimum Gasteiger partial charge on any atom is -0.310 e. The van der Waals surface area contributed by atoms with Gasteiger partial charge < -0.3 is 9.47 Å². The molecule has 1 aromatic heterocycles. The lowest BCUT2D eigenvalue weighted by molar-refractivity contribution is 1.18. The number of para-hydroxylation sites is 5. The normalized spacial score (nSPS) is 11.5. The molecular weight excluding hydrogens is 629 g/mol. The largest absolute Gasteiger partial charge is 0.310 e. The summed E-state index contributed by atoms with van der Waals surface area (Å²) in [7, 11) is 0. The molecule has 0 aliphatic heterocycles. The lowest BCUT2D eigenvalue weighted by Gasteiger charge is -2.27. The van der Waals surface area contributed by atoms with E-state index in [1.54, 1.807) is 0 Å². The molecule has 0 amide bonds. The zero-order valence-electron chi connectivity index (χ0n) is 28.5. The summed E-state index contributed by atoms with van der Waals surface area (Å²) in [5.41, 5.74) is 11.6. The van der Waals surface area contributed by atoms with Crippen LogP contribution in [0.25, 0.3) is 71.3 Å². The van der Waals surface area contributed by atoms with Crippen molar-refractivity contribution in [2.75, 3.05) is 4.90 Å². The Bertz CT molecular complexity index is 2810. The number of aromatic nitrogens is 1. The zero-order valence-corrected chi connectivity index (χ0v) is 28.5. The van der Waals surface area contributed by atoms with Gasteiger partial charge in [0, 0.05) is 33.4 Å². The fourth-order valence-corrected chi connectivity index (χ4v) is 8.09. The van der Waals surface area contributed by atoms with Gasteiger partial charge in [-0.2, -0.15) is 0 Å². The van der Waals surface area contributed by atoms with Gasteiger partial charge in [0.1, 0.15) is 0 Å². The first-order valence-electron chi connectivity index (χ1n) is 17.9. The molecule has 0 spiro atoms. The predicted octanol–water partition coefficient (Wildman–Crippen LogP) is 13.9. The van der Waals surface area contributed by atoms with E-state index >= 15 is 0 Å². The van der Waals surface area contributed by atoms with Crippen LogP contribution in [0.15, 0.2) is 206 Å². The van der Waals surface area contributed by atoms with E-state index in [2.05, 4.69) is 216 Å². The molecule has 0 unspecified atom stereocenters. The highest BCUT2D eigenvalue weighted by Crippen LogP contribution is 2.46. The Morgan fingerprint density at radius 3 is 1.48 bits per heavy atom. The number of anilines is 3. The molecule has 0 saturated heterocycles. The maximum Gasteiger partial charge on any atom is 0.0541 e. The van der Waals surface area contributed by atoms with Gasteiger partial charge in [-0.3, -0.25) is 0 Å². The summed E-state index contributed by atoms with van der Waals surface area (Å²) >= 11 is 0. The molecule has 2 nitrogen and oxygen atoms in total. The van der Waals surface area contributed by atoms with Gasteiger partial charge in [0.2, 0.25) is 0 Å². The van der Waals surface area contributed by atoms with E-state index in [0.29, 0.717) is 0 Å². The molecule has 0 aliphatic rings. The molecule has 9 aromatic carbocycles. The molecule has 0 bridgehead atoms. The molecule has 52 heavy (non-hydrogen) atoms. The molecule has 0 radical (unpaired) electrons. The van der Waals surface area contributed by atoms with Crippen molar-refractivity contribution in [1.29, 1.82) is 0 Å². The van der Waals surface area contributed by atoms with Crippen molar-refractivity contribution in [1.82, 2.24) is 4.57 Å². The second-order valence-electron chi connectivity index (χ2n) is 13.3. The molecule has 0 saturated carbocycles. The molecule has 244 valence electrons. The summed E-state index contributed by atoms with van der Waals surface area (Å²) in [4.78, 5) is 2.36. The highest BCUT2D eigenvalue weighted by molar-refractivity contribution is 6.15. The van der Waals surface area contributed by atoms with Gasteiger partial charge in [0.25, 0.3) is 0 Å². The van der Waals surface area contributed by atoms with Gasteiger partial charge in [0.15, 0.2) is 0 Å². The number of hydrogen-bond acceptors (Lipinski definition) is 1. The van der Waals surface area contributed by atoms with Crippen molar-refractivity contribution >= 4 is 60.4 Å². The van der Waals surface area contributed by atoms with E-state index in [-0.39, 0.29) is 0 Å². The molecule has 0 aliphatic carbocycles. The molecule has 10 aromatic rings. The quantitative estimate of drug-likeness (QED) is 0.161. The Morgan fingerprint density at radius 1 is 0.288 bits per heavy atom. The molecule has 1 heterocycles. The Labute approximate surface area is 303 Å². The van der Waals surface area contributed by atoms with Crippen LogP contribution in [0.2, 0.25) is 0 Å². The summed E-state index contributed by atoms with van der Waals surface area (Å²) in [5.74, 6) is 0. The SMILES string of the molecule is c1ccc(N(c2ccccc2)c2ccc(-c3ccccc3-n3c4ccccc4c4ccccc43)c(-c3cc4ccccc4c4ccccc34)c2)cc1. The molecule has 2 heteroatoms. The summed E-state index contributed by atoms with van der Waals surface area (Å²) in [6, 6.07) is 74.7. The van der Waals surface area contributed by atoms with Crippen LogP contribution in [-0.4, -0.2) is 4.57 Å². The fourth-order valence-electron chi connectivity index (χ4n) is 8.09. The maximum absolute atomic E-state index is 2.44. The second kappa shape index (κ2) is 12.5. The van der Waals surface area contributed by atoms with Crippen LogP contribution in [-0.2, 0) is 0 Å². The first kappa shape index (κ1) is 30.0. The van der Waals surface area contributed by atoms with Crippen molar-refractivity contribution in [3.8, 4) is 27.9 Å². The Hall–Kier alpha value is -6.90. The van der Waals surface area contributed by atoms with Crippen molar-refractivity contribution in [3.63, 3.8) is 0 Å². The van der Waals surface area contributed by atoms with Crippen LogP contribution in [0, 0.1) is 0 Å². The highest BCUT2D eigenvalue weighted by Gasteiger charge is 2.21. The van der Waals surface area contributed by atoms with Crippen molar-refractivity contribution in [2.24, 2.45) is 0 Å². The van der Waals surface area contributed by atoms with Crippen LogP contribution < -0.4 is 4.90 Å². The Kier molecular flexibility index (Phi) is 7.18. The highest BCUT2D eigenvalue weighted by atomic mass is 15.1. The third kappa shape index (κ3) is 4.88. The second-order valence-corrected chi connectivity index (χ2v) is 13.3. The van der Waals surface area contributed by atoms with Gasteiger partial charge in [-0.15, -0.1) is 0 Å². The van der Waals surface area contributed by atoms with Gasteiger partial charge in [0.05, 0.1) is 16.7 Å². The average Bonchev–Trinajstić information content (AvgIpc) is 3.56. The number of rotatable bonds is 6. The van der Waals surface area contributed by atoms with E-state index in [1.807, 2.05) is 0 Å². The average molecular weight is 663 g/mol. The molecule has 0 fully saturated rings. The molecule has 0 atom stereocenters. The Balaban J connectivity index is 1.30. The number of benzene rings is 9. The lowest BCUT2D eigenvalue weighted by Crippen LogP contribution is -2.10. The predicted molar refractivity (Wildman–Crippen MR) is 221 cm³/mol. The van der Waals surface area contributed by atoms with Gasteiger partial charge in [-0.1, -0.05) is 146 Å². The van der Waals surface area contributed by atoms with E-state index in [0.717, 1.165) is 22.7 Å². The van der Waals surface area contributed by atoms with E-state index in [9.17, 15) is 0 Å². The van der Waals surface area contributed by atoms with E-state index in [1.165, 1.54) is 65.6 Å². The zero-order chi connectivity index (χ0) is 34.4. The summed E-state index contributed by atoms with van der Waals surface area (Å²) in [6.07, 6.45) is 0. The van der Waals surface area contributed by atoms with Crippen LogP contribution >= 0.6 is 0 Å². The summed E-state index contributed by atoms with van der Waals surface area (Å²) < 4.78 is 2.44. The van der Waals surface area contributed by atoms with Crippen LogP contribution in [0.1, 0.15) is 0 Å². The monoisotopic (exact) mass is 662 g/mol. The number of hydrogen-bond donors (Lipinski definition) is 0. The topological polar surface area (TPSA) is 8.17 Å². The van der Waals surface area contributed by atoms with Gasteiger partial charge in [-0.25, -0.2) is 0 Å². The summed E-state index contributed by atoms with van der Waals surface area (Å²) in [6.45, 7) is 0. The minimum absolute atomic E-state index is 1.10.